The van der Waals surface area contributed by atoms with Crippen LogP contribution in [0.25, 0.3) is 0 Å². The number of carbonyl (C=O) groups excluding carboxylic acids is 1. The predicted molar refractivity (Wildman–Crippen MR) is 73.3 cm³/mol. The fraction of sp³-hybridized carbons (Fsp3) is 0. The molecule has 1 aromatic heterocycles. The molecular formula is C12H9Cl2N3O. The molecule has 2 rings (SSSR count). The van der Waals surface area contributed by atoms with E-state index in [2.05, 4.69) is 15.6 Å². The zero-order chi connectivity index (χ0) is 13.0. The lowest BCUT2D eigenvalue weighted by molar-refractivity contribution is 0.262. The maximum Gasteiger partial charge on any atom is 0.324 e. The van der Waals surface area contributed by atoms with Gasteiger partial charge in [-0.25, -0.2) is 9.78 Å². The minimum absolute atomic E-state index is 0.413. The van der Waals surface area contributed by atoms with Crippen molar-refractivity contribution in [2.75, 3.05) is 10.6 Å². The van der Waals surface area contributed by atoms with Crippen molar-refractivity contribution in [2.45, 2.75) is 0 Å². The van der Waals surface area contributed by atoms with Crippen molar-refractivity contribution in [3.05, 3.63) is 52.6 Å². The molecule has 0 atom stereocenters. The van der Waals surface area contributed by atoms with Gasteiger partial charge in [0, 0.05) is 11.2 Å². The van der Waals surface area contributed by atoms with E-state index in [0.29, 0.717) is 21.6 Å². The van der Waals surface area contributed by atoms with Crippen molar-refractivity contribution in [1.82, 2.24) is 4.98 Å². The first kappa shape index (κ1) is 12.7. The van der Waals surface area contributed by atoms with Gasteiger partial charge in [0.25, 0.3) is 0 Å². The Kier molecular flexibility index (Phi) is 4.02. The Morgan fingerprint density at radius 3 is 2.67 bits per heavy atom. The highest BCUT2D eigenvalue weighted by atomic mass is 35.5. The van der Waals surface area contributed by atoms with Crippen molar-refractivity contribution in [3.63, 3.8) is 0 Å². The lowest BCUT2D eigenvalue weighted by atomic mass is 10.3. The summed E-state index contributed by atoms with van der Waals surface area (Å²) in [5.74, 6) is 0.452. The van der Waals surface area contributed by atoms with Crippen LogP contribution in [0.2, 0.25) is 10.0 Å². The Balaban J connectivity index is 2.05. The first-order valence-corrected chi connectivity index (χ1v) is 5.85. The number of urea groups is 1. The van der Waals surface area contributed by atoms with E-state index in [1.807, 2.05) is 0 Å². The van der Waals surface area contributed by atoms with Gasteiger partial charge in [0.15, 0.2) is 0 Å². The fourth-order valence-corrected chi connectivity index (χ4v) is 1.64. The maximum atomic E-state index is 11.7. The van der Waals surface area contributed by atoms with E-state index in [1.54, 1.807) is 42.6 Å². The van der Waals surface area contributed by atoms with Crippen LogP contribution >= 0.6 is 23.2 Å². The largest absolute Gasteiger partial charge is 0.324 e. The predicted octanol–water partition coefficient (Wildman–Crippen LogP) is 4.03. The van der Waals surface area contributed by atoms with Gasteiger partial charge in [-0.05, 0) is 30.3 Å². The molecule has 18 heavy (non-hydrogen) atoms. The van der Waals surface area contributed by atoms with Gasteiger partial charge in [0.05, 0.1) is 10.7 Å². The van der Waals surface area contributed by atoms with Gasteiger partial charge in [-0.1, -0.05) is 29.3 Å². The smallest absolute Gasteiger partial charge is 0.306 e. The minimum Gasteiger partial charge on any atom is -0.306 e. The number of nitrogens with zero attached hydrogens (tertiary/aromatic N) is 1. The van der Waals surface area contributed by atoms with Crippen molar-refractivity contribution in [1.29, 1.82) is 0 Å². The second-order valence-corrected chi connectivity index (χ2v) is 4.26. The monoisotopic (exact) mass is 281 g/mol. The standard InChI is InChI=1S/C12H9Cl2N3O/c13-8-4-5-9(14)10(7-8)16-12(18)17-11-3-1-2-6-15-11/h1-7H,(H2,15,16,17,18). The number of carbonyl (C=O) groups is 1. The van der Waals surface area contributed by atoms with Gasteiger partial charge in [-0.2, -0.15) is 0 Å². The molecule has 4 nitrogen and oxygen atoms in total. The number of pyridine rings is 1. The third kappa shape index (κ3) is 3.35. The van der Waals surface area contributed by atoms with E-state index in [4.69, 9.17) is 23.2 Å². The number of amides is 2. The van der Waals surface area contributed by atoms with Gasteiger partial charge in [0.2, 0.25) is 0 Å². The van der Waals surface area contributed by atoms with Gasteiger partial charge in [-0.3, -0.25) is 5.32 Å². The Labute approximate surface area is 114 Å². The normalized spacial score (nSPS) is 9.89. The number of benzene rings is 1. The van der Waals surface area contributed by atoms with Crippen LogP contribution < -0.4 is 10.6 Å². The molecule has 92 valence electrons. The molecule has 0 aliphatic carbocycles. The first-order valence-electron chi connectivity index (χ1n) is 5.09. The van der Waals surface area contributed by atoms with Crippen LogP contribution in [0.15, 0.2) is 42.6 Å². The van der Waals surface area contributed by atoms with E-state index in [0.717, 1.165) is 0 Å². The van der Waals surface area contributed by atoms with Gasteiger partial charge in [0.1, 0.15) is 5.82 Å². The number of halogens is 2. The summed E-state index contributed by atoms with van der Waals surface area (Å²) in [6, 6.07) is 9.61. The minimum atomic E-state index is -0.433. The second-order valence-electron chi connectivity index (χ2n) is 3.42. The molecule has 0 fully saturated rings. The van der Waals surface area contributed by atoms with Crippen molar-refractivity contribution < 1.29 is 4.79 Å². The summed E-state index contributed by atoms with van der Waals surface area (Å²) in [5.41, 5.74) is 0.442. The summed E-state index contributed by atoms with van der Waals surface area (Å²) in [5, 5.41) is 6.07. The summed E-state index contributed by atoms with van der Waals surface area (Å²) in [7, 11) is 0. The van der Waals surface area contributed by atoms with Crippen LogP contribution in [-0.4, -0.2) is 11.0 Å². The van der Waals surface area contributed by atoms with Crippen LogP contribution in [0, 0.1) is 0 Å². The topological polar surface area (TPSA) is 54.0 Å². The summed E-state index contributed by atoms with van der Waals surface area (Å²) in [6.45, 7) is 0. The van der Waals surface area contributed by atoms with E-state index in [-0.39, 0.29) is 0 Å². The SMILES string of the molecule is O=C(Nc1ccccn1)Nc1cc(Cl)ccc1Cl. The van der Waals surface area contributed by atoms with Crippen LogP contribution in [0.3, 0.4) is 0 Å². The molecule has 2 N–H and O–H groups in total. The number of hydrogen-bond acceptors (Lipinski definition) is 2. The summed E-state index contributed by atoms with van der Waals surface area (Å²) in [4.78, 5) is 15.7. The molecule has 0 bridgehead atoms. The highest BCUT2D eigenvalue weighted by molar-refractivity contribution is 6.35. The number of nitrogens with one attached hydrogen (secondary N) is 2. The van der Waals surface area contributed by atoms with Gasteiger partial charge >= 0.3 is 6.03 Å². The molecule has 0 saturated heterocycles. The van der Waals surface area contributed by atoms with Gasteiger partial charge in [-0.15, -0.1) is 0 Å². The van der Waals surface area contributed by atoms with Crippen molar-refractivity contribution in [2.24, 2.45) is 0 Å². The zero-order valence-corrected chi connectivity index (χ0v) is 10.7. The van der Waals surface area contributed by atoms with Crippen LogP contribution in [-0.2, 0) is 0 Å². The van der Waals surface area contributed by atoms with Crippen LogP contribution in [0.1, 0.15) is 0 Å². The highest BCUT2D eigenvalue weighted by Crippen LogP contribution is 2.25. The molecule has 0 aliphatic rings. The summed E-state index contributed by atoms with van der Waals surface area (Å²) >= 11 is 11.7. The third-order valence-electron chi connectivity index (χ3n) is 2.08. The molecule has 1 aromatic carbocycles. The molecule has 2 aromatic rings. The molecule has 0 spiro atoms. The second kappa shape index (κ2) is 5.71. The van der Waals surface area contributed by atoms with E-state index < -0.39 is 6.03 Å². The third-order valence-corrected chi connectivity index (χ3v) is 2.65. The maximum absolute atomic E-state index is 11.7. The number of hydrogen-bond donors (Lipinski definition) is 2. The molecule has 0 unspecified atom stereocenters. The number of anilines is 2. The van der Waals surface area contributed by atoms with E-state index >= 15 is 0 Å². The average Bonchev–Trinajstić information content (AvgIpc) is 2.35. The van der Waals surface area contributed by atoms with Crippen LogP contribution in [0.4, 0.5) is 16.3 Å². The Morgan fingerprint density at radius 1 is 1.11 bits per heavy atom. The zero-order valence-electron chi connectivity index (χ0n) is 9.15. The molecule has 0 aliphatic heterocycles. The molecular weight excluding hydrogens is 273 g/mol. The van der Waals surface area contributed by atoms with Gasteiger partial charge < -0.3 is 5.32 Å². The highest BCUT2D eigenvalue weighted by Gasteiger charge is 2.06. The number of rotatable bonds is 2. The Morgan fingerprint density at radius 2 is 1.94 bits per heavy atom. The van der Waals surface area contributed by atoms with E-state index in [1.165, 1.54) is 0 Å². The first-order chi connectivity index (χ1) is 8.65. The Hall–Kier alpha value is -1.78. The molecule has 0 saturated carbocycles. The lowest BCUT2D eigenvalue weighted by Crippen LogP contribution is -2.20. The summed E-state index contributed by atoms with van der Waals surface area (Å²) in [6.07, 6.45) is 1.59. The Bertz CT molecular complexity index is 561. The lowest BCUT2D eigenvalue weighted by Gasteiger charge is -2.08. The average molecular weight is 282 g/mol. The quantitative estimate of drug-likeness (QED) is 0.873. The van der Waals surface area contributed by atoms with Crippen LogP contribution in [0.5, 0.6) is 0 Å². The van der Waals surface area contributed by atoms with E-state index in [9.17, 15) is 4.79 Å². The summed E-state index contributed by atoms with van der Waals surface area (Å²) < 4.78 is 0. The molecule has 1 heterocycles. The molecule has 6 heteroatoms. The van der Waals surface area contributed by atoms with Crippen molar-refractivity contribution >= 4 is 40.7 Å². The molecule has 2 amide bonds. The molecule has 0 radical (unpaired) electrons. The fourth-order valence-electron chi connectivity index (χ4n) is 1.30. The number of aromatic nitrogens is 1. The van der Waals surface area contributed by atoms with Crippen molar-refractivity contribution in [3.8, 4) is 0 Å².